The normalized spacial score (nSPS) is 15.9. The molecule has 0 saturated heterocycles. The highest BCUT2D eigenvalue weighted by Gasteiger charge is 2.22. The van der Waals surface area contributed by atoms with Gasteiger partial charge in [0.2, 0.25) is 0 Å². The maximum Gasteiger partial charge on any atom is 0.315 e. The fourth-order valence-electron chi connectivity index (χ4n) is 2.67. The van der Waals surface area contributed by atoms with Crippen LogP contribution in [0.4, 0.5) is 10.6 Å². The van der Waals surface area contributed by atoms with Crippen LogP contribution in [0.15, 0.2) is 42.9 Å². The van der Waals surface area contributed by atoms with Gasteiger partial charge in [-0.25, -0.2) is 9.78 Å². The average Bonchev–Trinajstić information content (AvgIpc) is 2.96. The number of nitrogens with one attached hydrogen (secondary N) is 3. The summed E-state index contributed by atoms with van der Waals surface area (Å²) < 4.78 is 0. The number of carbonyl (C=O) groups is 1. The summed E-state index contributed by atoms with van der Waals surface area (Å²) >= 11 is 0. The fraction of sp³-hybridized carbons (Fsp3) is 0.312. The Bertz CT molecular complexity index is 631. The molecule has 1 atom stereocenters. The number of nitrogens with zero attached hydrogens (tertiary/aromatic N) is 2. The van der Waals surface area contributed by atoms with E-state index in [1.807, 2.05) is 12.1 Å². The summed E-state index contributed by atoms with van der Waals surface area (Å²) in [5.74, 6) is 0.703. The molecule has 22 heavy (non-hydrogen) atoms. The van der Waals surface area contributed by atoms with Crippen molar-refractivity contribution < 1.29 is 4.79 Å². The summed E-state index contributed by atoms with van der Waals surface area (Å²) in [5, 5.41) is 8.97. The van der Waals surface area contributed by atoms with Gasteiger partial charge in [0.25, 0.3) is 0 Å². The molecule has 0 saturated carbocycles. The van der Waals surface area contributed by atoms with E-state index in [0.717, 1.165) is 12.8 Å². The van der Waals surface area contributed by atoms with Gasteiger partial charge >= 0.3 is 6.03 Å². The lowest BCUT2D eigenvalue weighted by Crippen LogP contribution is -2.39. The second kappa shape index (κ2) is 6.89. The van der Waals surface area contributed by atoms with Crippen molar-refractivity contribution in [1.29, 1.82) is 0 Å². The van der Waals surface area contributed by atoms with E-state index in [9.17, 15) is 4.79 Å². The third kappa shape index (κ3) is 3.52. The molecule has 6 heteroatoms. The van der Waals surface area contributed by atoms with Crippen LogP contribution in [0.5, 0.6) is 0 Å². The molecule has 1 aromatic heterocycles. The number of aryl methyl sites for hydroxylation is 1. The van der Waals surface area contributed by atoms with Crippen LogP contribution in [-0.2, 0) is 6.42 Å². The molecule has 1 aliphatic carbocycles. The summed E-state index contributed by atoms with van der Waals surface area (Å²) in [6.45, 7) is 1.13. The van der Waals surface area contributed by atoms with E-state index in [1.165, 1.54) is 11.1 Å². The summed E-state index contributed by atoms with van der Waals surface area (Å²) in [5.41, 5.74) is 2.56. The van der Waals surface area contributed by atoms with E-state index in [-0.39, 0.29) is 12.1 Å². The Labute approximate surface area is 129 Å². The molecule has 1 aliphatic rings. The van der Waals surface area contributed by atoms with Gasteiger partial charge in [-0.1, -0.05) is 24.3 Å². The lowest BCUT2D eigenvalue weighted by atomic mass is 10.1. The Hall–Kier alpha value is -2.63. The number of anilines is 1. The predicted octanol–water partition coefficient (Wildman–Crippen LogP) is 1.88. The SMILES string of the molecule is O=C(NCCNc1cnccn1)NC1CCc2ccccc21. The van der Waals surface area contributed by atoms with Crippen molar-refractivity contribution in [3.63, 3.8) is 0 Å². The quantitative estimate of drug-likeness (QED) is 0.736. The van der Waals surface area contributed by atoms with Gasteiger partial charge in [-0.3, -0.25) is 4.98 Å². The number of rotatable bonds is 5. The highest BCUT2D eigenvalue weighted by molar-refractivity contribution is 5.74. The molecule has 0 spiro atoms. The van der Waals surface area contributed by atoms with Crippen LogP contribution < -0.4 is 16.0 Å². The van der Waals surface area contributed by atoms with Gasteiger partial charge in [-0.05, 0) is 24.0 Å². The van der Waals surface area contributed by atoms with Crippen molar-refractivity contribution in [2.24, 2.45) is 0 Å². The number of benzene rings is 1. The van der Waals surface area contributed by atoms with E-state index in [2.05, 4.69) is 38.1 Å². The molecule has 1 heterocycles. The Balaban J connectivity index is 1.40. The van der Waals surface area contributed by atoms with Crippen LogP contribution in [-0.4, -0.2) is 29.1 Å². The predicted molar refractivity (Wildman–Crippen MR) is 84.6 cm³/mol. The largest absolute Gasteiger partial charge is 0.367 e. The molecule has 2 amide bonds. The number of hydrogen-bond acceptors (Lipinski definition) is 4. The minimum Gasteiger partial charge on any atom is -0.367 e. The van der Waals surface area contributed by atoms with Crippen molar-refractivity contribution in [2.45, 2.75) is 18.9 Å². The van der Waals surface area contributed by atoms with Crippen LogP contribution in [0.2, 0.25) is 0 Å². The van der Waals surface area contributed by atoms with Gasteiger partial charge < -0.3 is 16.0 Å². The summed E-state index contributed by atoms with van der Waals surface area (Å²) in [6.07, 6.45) is 6.88. The first-order valence-electron chi connectivity index (χ1n) is 7.45. The standard InChI is InChI=1S/C16H19N5O/c22-16(20-10-9-19-15-11-17-7-8-18-15)21-14-6-5-12-3-1-2-4-13(12)14/h1-4,7-8,11,14H,5-6,9-10H2,(H,18,19)(H2,20,21,22). The minimum absolute atomic E-state index is 0.115. The fourth-order valence-corrected chi connectivity index (χ4v) is 2.67. The molecule has 2 aromatic rings. The summed E-state index contributed by atoms with van der Waals surface area (Å²) in [4.78, 5) is 20.0. The highest BCUT2D eigenvalue weighted by atomic mass is 16.2. The van der Waals surface area contributed by atoms with Gasteiger partial charge in [0.1, 0.15) is 5.82 Å². The van der Waals surface area contributed by atoms with E-state index in [1.54, 1.807) is 18.6 Å². The van der Waals surface area contributed by atoms with E-state index in [0.29, 0.717) is 18.9 Å². The third-order valence-corrected chi connectivity index (χ3v) is 3.72. The van der Waals surface area contributed by atoms with Crippen LogP contribution in [0.3, 0.4) is 0 Å². The third-order valence-electron chi connectivity index (χ3n) is 3.72. The summed E-state index contributed by atoms with van der Waals surface area (Å²) in [7, 11) is 0. The first-order valence-corrected chi connectivity index (χ1v) is 7.45. The van der Waals surface area contributed by atoms with E-state index < -0.39 is 0 Å². The molecule has 0 radical (unpaired) electrons. The molecular formula is C16H19N5O. The van der Waals surface area contributed by atoms with Crippen molar-refractivity contribution in [2.75, 3.05) is 18.4 Å². The van der Waals surface area contributed by atoms with E-state index in [4.69, 9.17) is 0 Å². The first kappa shape index (κ1) is 14.3. The van der Waals surface area contributed by atoms with Crippen molar-refractivity contribution >= 4 is 11.8 Å². The van der Waals surface area contributed by atoms with Crippen LogP contribution in [0.25, 0.3) is 0 Å². The number of fused-ring (bicyclic) bond motifs is 1. The number of urea groups is 1. The number of amides is 2. The molecule has 6 nitrogen and oxygen atoms in total. The van der Waals surface area contributed by atoms with Crippen molar-refractivity contribution in [1.82, 2.24) is 20.6 Å². The number of hydrogen-bond donors (Lipinski definition) is 3. The maximum absolute atomic E-state index is 11.9. The van der Waals surface area contributed by atoms with Gasteiger partial charge in [0, 0.05) is 25.5 Å². The van der Waals surface area contributed by atoms with Crippen LogP contribution >= 0.6 is 0 Å². The Morgan fingerprint density at radius 3 is 3.00 bits per heavy atom. The highest BCUT2D eigenvalue weighted by Crippen LogP contribution is 2.30. The molecular weight excluding hydrogens is 278 g/mol. The summed E-state index contributed by atoms with van der Waals surface area (Å²) in [6, 6.07) is 8.25. The molecule has 3 N–H and O–H groups in total. The smallest absolute Gasteiger partial charge is 0.315 e. The lowest BCUT2D eigenvalue weighted by molar-refractivity contribution is 0.237. The van der Waals surface area contributed by atoms with Gasteiger partial charge in [-0.15, -0.1) is 0 Å². The minimum atomic E-state index is -0.136. The molecule has 114 valence electrons. The zero-order valence-electron chi connectivity index (χ0n) is 12.2. The van der Waals surface area contributed by atoms with Crippen LogP contribution in [0.1, 0.15) is 23.6 Å². The second-order valence-corrected chi connectivity index (χ2v) is 5.21. The number of carbonyl (C=O) groups excluding carboxylic acids is 1. The number of aromatic nitrogens is 2. The van der Waals surface area contributed by atoms with Gasteiger partial charge in [0.05, 0.1) is 12.2 Å². The Morgan fingerprint density at radius 2 is 2.14 bits per heavy atom. The zero-order chi connectivity index (χ0) is 15.2. The lowest BCUT2D eigenvalue weighted by Gasteiger charge is -2.15. The Morgan fingerprint density at radius 1 is 1.23 bits per heavy atom. The Kier molecular flexibility index (Phi) is 4.48. The van der Waals surface area contributed by atoms with Crippen LogP contribution in [0, 0.1) is 0 Å². The average molecular weight is 297 g/mol. The molecule has 1 unspecified atom stereocenters. The first-order chi connectivity index (χ1) is 10.8. The van der Waals surface area contributed by atoms with Gasteiger partial charge in [0.15, 0.2) is 0 Å². The van der Waals surface area contributed by atoms with E-state index >= 15 is 0 Å². The maximum atomic E-state index is 11.9. The second-order valence-electron chi connectivity index (χ2n) is 5.21. The van der Waals surface area contributed by atoms with Crippen molar-refractivity contribution in [3.8, 4) is 0 Å². The topological polar surface area (TPSA) is 78.9 Å². The zero-order valence-corrected chi connectivity index (χ0v) is 12.2. The van der Waals surface area contributed by atoms with Crippen molar-refractivity contribution in [3.05, 3.63) is 54.0 Å². The molecule has 0 aliphatic heterocycles. The molecule has 3 rings (SSSR count). The monoisotopic (exact) mass is 297 g/mol. The van der Waals surface area contributed by atoms with Gasteiger partial charge in [-0.2, -0.15) is 0 Å². The molecule has 0 fully saturated rings. The molecule has 0 bridgehead atoms. The molecule has 1 aromatic carbocycles.